The van der Waals surface area contributed by atoms with Crippen LogP contribution in [0.1, 0.15) is 30.2 Å². The van der Waals surface area contributed by atoms with Crippen LogP contribution in [0.15, 0.2) is 52.0 Å². The van der Waals surface area contributed by atoms with Gasteiger partial charge >= 0.3 is 11.9 Å². The Hall–Kier alpha value is -3.17. The van der Waals surface area contributed by atoms with Crippen molar-refractivity contribution in [1.29, 1.82) is 0 Å². The van der Waals surface area contributed by atoms with E-state index in [4.69, 9.17) is 18.9 Å². The molecule has 8 nitrogen and oxygen atoms in total. The molecule has 1 aromatic carbocycles. The number of methoxy groups -OCH3 is 1. The number of para-hydroxylation sites is 1. The molecule has 2 unspecified atom stereocenters. The highest BCUT2D eigenvalue weighted by molar-refractivity contribution is 7.09. The smallest absolute Gasteiger partial charge is 0.336 e. The highest BCUT2D eigenvalue weighted by Crippen LogP contribution is 2.47. The number of esters is 2. The van der Waals surface area contributed by atoms with Crippen LogP contribution in [0.4, 0.5) is 0 Å². The Kier molecular flexibility index (Phi) is 7.33. The van der Waals surface area contributed by atoms with E-state index in [9.17, 15) is 9.59 Å². The predicted molar refractivity (Wildman–Crippen MR) is 128 cm³/mol. The zero-order chi connectivity index (χ0) is 24.2. The molecule has 0 fully saturated rings. The summed E-state index contributed by atoms with van der Waals surface area (Å²) in [6.45, 7) is 5.16. The minimum atomic E-state index is -0.784. The maximum Gasteiger partial charge on any atom is 0.336 e. The fraction of sp³-hybridized carbons (Fsp3) is 0.400. The largest absolute Gasteiger partial charge is 0.468 e. The van der Waals surface area contributed by atoms with Crippen molar-refractivity contribution in [2.75, 3.05) is 34.1 Å². The van der Waals surface area contributed by atoms with Gasteiger partial charge in [0.05, 0.1) is 12.7 Å². The van der Waals surface area contributed by atoms with Gasteiger partial charge in [-0.2, -0.15) is 0 Å². The Balaban J connectivity index is 1.59. The van der Waals surface area contributed by atoms with Gasteiger partial charge in [0.1, 0.15) is 12.5 Å². The first-order valence-electron chi connectivity index (χ1n) is 11.0. The van der Waals surface area contributed by atoms with Crippen molar-refractivity contribution in [3.8, 4) is 11.5 Å². The van der Waals surface area contributed by atoms with Crippen molar-refractivity contribution < 1.29 is 28.5 Å². The van der Waals surface area contributed by atoms with Crippen LogP contribution in [-0.2, 0) is 25.6 Å². The van der Waals surface area contributed by atoms with E-state index in [-0.39, 0.29) is 13.4 Å². The van der Waals surface area contributed by atoms with Crippen LogP contribution in [0.3, 0.4) is 0 Å². The lowest BCUT2D eigenvalue weighted by Gasteiger charge is -2.31. The molecule has 180 valence electrons. The van der Waals surface area contributed by atoms with Gasteiger partial charge in [-0.25, -0.2) is 4.79 Å². The standard InChI is InChI=1S/C25H28N2O6S/c1-15-20(24(28)30-4)22(18-8-5-9-19-23(18)33-14-32-19)21(16(2)26-15)25(29)31-11-10-27(3)13-17-7-6-12-34-17/h5-9,12,20,22H,10-11,13-14H2,1-4H3. The summed E-state index contributed by atoms with van der Waals surface area (Å²) in [5.74, 6) is -1.34. The second kappa shape index (κ2) is 10.4. The van der Waals surface area contributed by atoms with E-state index in [2.05, 4.69) is 16.0 Å². The van der Waals surface area contributed by atoms with Gasteiger partial charge in [-0.3, -0.25) is 14.7 Å². The molecule has 0 aliphatic carbocycles. The van der Waals surface area contributed by atoms with Crippen LogP contribution in [0.25, 0.3) is 0 Å². The third-order valence-electron chi connectivity index (χ3n) is 5.98. The number of nitrogens with zero attached hydrogens (tertiary/aromatic N) is 2. The number of carbonyl (C=O) groups excluding carboxylic acids is 2. The minimum absolute atomic E-state index is 0.0775. The van der Waals surface area contributed by atoms with E-state index >= 15 is 0 Å². The SMILES string of the molecule is COC(=O)C1C(C)=NC(C)=C(C(=O)OCCN(C)Cc2cccs2)C1c1cccc2c1OCO2. The van der Waals surface area contributed by atoms with Gasteiger partial charge in [-0.1, -0.05) is 18.2 Å². The maximum atomic E-state index is 13.4. The van der Waals surface area contributed by atoms with Crippen molar-refractivity contribution in [3.05, 3.63) is 57.4 Å². The highest BCUT2D eigenvalue weighted by atomic mass is 32.1. The summed E-state index contributed by atoms with van der Waals surface area (Å²) in [5.41, 5.74) is 2.07. The Morgan fingerprint density at radius 1 is 1.21 bits per heavy atom. The molecule has 4 rings (SSSR count). The zero-order valence-corrected chi connectivity index (χ0v) is 20.5. The van der Waals surface area contributed by atoms with Crippen LogP contribution in [0.5, 0.6) is 11.5 Å². The molecule has 9 heteroatoms. The molecule has 2 aliphatic heterocycles. The van der Waals surface area contributed by atoms with Gasteiger partial charge in [-0.05, 0) is 38.4 Å². The molecule has 0 spiro atoms. The Morgan fingerprint density at radius 2 is 2.03 bits per heavy atom. The van der Waals surface area contributed by atoms with Crippen LogP contribution < -0.4 is 9.47 Å². The number of rotatable bonds is 8. The summed E-state index contributed by atoms with van der Waals surface area (Å²) in [7, 11) is 3.31. The molecule has 34 heavy (non-hydrogen) atoms. The lowest BCUT2D eigenvalue weighted by Crippen LogP contribution is -2.36. The summed E-state index contributed by atoms with van der Waals surface area (Å²) < 4.78 is 22.0. The van der Waals surface area contributed by atoms with Crippen LogP contribution in [0.2, 0.25) is 0 Å². The highest BCUT2D eigenvalue weighted by Gasteiger charge is 2.44. The number of allylic oxidation sites excluding steroid dienone is 1. The number of ether oxygens (including phenoxy) is 4. The summed E-state index contributed by atoms with van der Waals surface area (Å²) in [6, 6.07) is 9.53. The molecule has 0 N–H and O–H groups in total. The van der Waals surface area contributed by atoms with Gasteiger partial charge in [0.2, 0.25) is 6.79 Å². The molecule has 0 bridgehead atoms. The molecular formula is C25H28N2O6S. The van der Waals surface area contributed by atoms with Gasteiger partial charge in [0.25, 0.3) is 0 Å². The van der Waals surface area contributed by atoms with Crippen LogP contribution in [-0.4, -0.2) is 56.7 Å². The second-order valence-electron chi connectivity index (χ2n) is 8.26. The number of aliphatic imine (C=N–C) groups is 1. The average Bonchev–Trinajstić information content (AvgIpc) is 3.49. The van der Waals surface area contributed by atoms with E-state index in [0.717, 1.165) is 6.54 Å². The second-order valence-corrected chi connectivity index (χ2v) is 9.30. The van der Waals surface area contributed by atoms with Gasteiger partial charge < -0.3 is 18.9 Å². The van der Waals surface area contributed by atoms with E-state index in [0.29, 0.717) is 40.6 Å². The molecule has 2 aromatic rings. The average molecular weight is 485 g/mol. The first kappa shape index (κ1) is 24.0. The monoisotopic (exact) mass is 484 g/mol. The number of thiophene rings is 1. The maximum absolute atomic E-state index is 13.4. The summed E-state index contributed by atoms with van der Waals surface area (Å²) in [5, 5.41) is 2.04. The van der Waals surface area contributed by atoms with Gasteiger partial charge in [-0.15, -0.1) is 11.3 Å². The molecule has 2 aliphatic rings. The fourth-order valence-corrected chi connectivity index (χ4v) is 5.17. The summed E-state index contributed by atoms with van der Waals surface area (Å²) >= 11 is 1.69. The van der Waals surface area contributed by atoms with Gasteiger partial charge in [0.15, 0.2) is 11.5 Å². The normalized spacial score (nSPS) is 19.3. The molecule has 2 atom stereocenters. The van der Waals surface area contributed by atoms with E-state index in [1.54, 1.807) is 31.3 Å². The Morgan fingerprint density at radius 3 is 2.76 bits per heavy atom. The molecule has 0 amide bonds. The number of carbonyl (C=O) groups is 2. The Bertz CT molecular complexity index is 1120. The molecule has 0 radical (unpaired) electrons. The van der Waals surface area contributed by atoms with E-state index in [1.165, 1.54) is 12.0 Å². The van der Waals surface area contributed by atoms with Gasteiger partial charge in [0, 0.05) is 40.9 Å². The van der Waals surface area contributed by atoms with Crippen molar-refractivity contribution in [2.24, 2.45) is 10.9 Å². The number of likely N-dealkylation sites (N-methyl/N-ethyl adjacent to an activating group) is 1. The molecule has 3 heterocycles. The topological polar surface area (TPSA) is 86.7 Å². The summed E-state index contributed by atoms with van der Waals surface area (Å²) in [4.78, 5) is 34.0. The third kappa shape index (κ3) is 4.85. The summed E-state index contributed by atoms with van der Waals surface area (Å²) in [6.07, 6.45) is 0. The zero-order valence-electron chi connectivity index (χ0n) is 19.7. The van der Waals surface area contributed by atoms with Crippen LogP contribution in [0, 0.1) is 5.92 Å². The lowest BCUT2D eigenvalue weighted by molar-refractivity contribution is -0.144. The number of fused-ring (bicyclic) bond motifs is 1. The first-order chi connectivity index (χ1) is 16.4. The number of hydrogen-bond donors (Lipinski definition) is 0. The fourth-order valence-electron chi connectivity index (χ4n) is 4.39. The number of benzene rings is 1. The van der Waals surface area contributed by atoms with Crippen molar-refractivity contribution in [2.45, 2.75) is 26.3 Å². The van der Waals surface area contributed by atoms with Crippen molar-refractivity contribution in [3.63, 3.8) is 0 Å². The quantitative estimate of drug-likeness (QED) is 0.527. The third-order valence-corrected chi connectivity index (χ3v) is 6.84. The molecular weight excluding hydrogens is 456 g/mol. The first-order valence-corrected chi connectivity index (χ1v) is 11.9. The lowest BCUT2D eigenvalue weighted by atomic mass is 9.75. The predicted octanol–water partition coefficient (Wildman–Crippen LogP) is 3.77. The molecule has 1 aromatic heterocycles. The molecule has 0 saturated heterocycles. The minimum Gasteiger partial charge on any atom is -0.468 e. The van der Waals surface area contributed by atoms with Crippen LogP contribution >= 0.6 is 11.3 Å². The van der Waals surface area contributed by atoms with Crippen molar-refractivity contribution >= 4 is 29.0 Å². The van der Waals surface area contributed by atoms with E-state index in [1.807, 2.05) is 30.6 Å². The van der Waals surface area contributed by atoms with E-state index < -0.39 is 23.8 Å². The number of hydrogen-bond acceptors (Lipinski definition) is 9. The van der Waals surface area contributed by atoms with Crippen molar-refractivity contribution in [1.82, 2.24) is 4.90 Å². The molecule has 0 saturated carbocycles. The Labute approximate surface area is 202 Å².